The number of carboxylic acid groups (broad SMARTS) is 1. The molecule has 2 aromatic rings. The highest BCUT2D eigenvalue weighted by molar-refractivity contribution is 7.11. The van der Waals surface area contributed by atoms with Crippen LogP contribution in [0.2, 0.25) is 5.02 Å². The van der Waals surface area contributed by atoms with E-state index in [-0.39, 0.29) is 28.7 Å². The first-order chi connectivity index (χ1) is 16.6. The molecule has 1 fully saturated rings. The lowest BCUT2D eigenvalue weighted by molar-refractivity contribution is -0.142. The average molecular weight is 522 g/mol. The zero-order valence-corrected chi connectivity index (χ0v) is 19.7. The number of nitriles is 1. The van der Waals surface area contributed by atoms with Crippen LogP contribution >= 0.6 is 22.9 Å². The topological polar surface area (TPSA) is 128 Å². The number of hydrogen-bond acceptors (Lipinski definition) is 9. The maximum atomic E-state index is 14.1. The van der Waals surface area contributed by atoms with Gasteiger partial charge in [0.15, 0.2) is 10.8 Å². The third-order valence-electron chi connectivity index (χ3n) is 5.60. The number of ether oxygens (including phenoxy) is 1. The molecule has 0 aliphatic carbocycles. The zero-order valence-electron chi connectivity index (χ0n) is 18.2. The van der Waals surface area contributed by atoms with E-state index >= 15 is 0 Å². The molecule has 1 unspecified atom stereocenters. The summed E-state index contributed by atoms with van der Waals surface area (Å²) in [7, 11) is 1.16. The number of carboxylic acids is 1. The van der Waals surface area contributed by atoms with Gasteiger partial charge < -0.3 is 15.2 Å². The van der Waals surface area contributed by atoms with Crippen molar-refractivity contribution < 1.29 is 28.2 Å². The molecule has 0 spiro atoms. The van der Waals surface area contributed by atoms with Crippen molar-refractivity contribution in [3.63, 3.8) is 0 Å². The summed E-state index contributed by atoms with van der Waals surface area (Å²) < 4.78 is 33.2. The van der Waals surface area contributed by atoms with E-state index in [2.05, 4.69) is 15.3 Å². The van der Waals surface area contributed by atoms with E-state index in [0.29, 0.717) is 16.1 Å². The van der Waals surface area contributed by atoms with Crippen molar-refractivity contribution in [1.82, 2.24) is 15.2 Å². The van der Waals surface area contributed by atoms with Gasteiger partial charge in [0, 0.05) is 40.8 Å². The Bertz CT molecular complexity index is 1280. The van der Waals surface area contributed by atoms with Crippen LogP contribution in [0.25, 0.3) is 0 Å². The number of alkyl halides is 2. The van der Waals surface area contributed by atoms with Crippen LogP contribution < -0.4 is 5.32 Å². The smallest absolute Gasteiger partial charge is 0.338 e. The summed E-state index contributed by atoms with van der Waals surface area (Å²) in [6.45, 7) is -1.11. The number of thiazole rings is 1. The lowest BCUT2D eigenvalue weighted by Gasteiger charge is -2.30. The first kappa shape index (κ1) is 24.7. The average Bonchev–Trinajstić information content (AvgIpc) is 3.45. The Morgan fingerprint density at radius 3 is 2.83 bits per heavy atom. The van der Waals surface area contributed by atoms with Gasteiger partial charge in [0.25, 0.3) is 5.92 Å². The fraction of sp³-hybridized carbons (Fsp3) is 0.318. The van der Waals surface area contributed by atoms with Gasteiger partial charge >= 0.3 is 11.9 Å². The molecule has 2 aliphatic rings. The summed E-state index contributed by atoms with van der Waals surface area (Å²) in [5, 5.41) is 24.0. The van der Waals surface area contributed by atoms with Gasteiger partial charge in [-0.2, -0.15) is 5.26 Å². The van der Waals surface area contributed by atoms with Crippen LogP contribution in [0.3, 0.4) is 0 Å². The first-order valence-electron chi connectivity index (χ1n) is 10.2. The molecule has 4 rings (SSSR count). The number of carbonyl (C=O) groups is 2. The fourth-order valence-electron chi connectivity index (χ4n) is 4.06. The van der Waals surface area contributed by atoms with Crippen molar-refractivity contribution in [3.05, 3.63) is 62.2 Å². The van der Waals surface area contributed by atoms with E-state index in [1.54, 1.807) is 17.6 Å². The van der Waals surface area contributed by atoms with E-state index < -0.39 is 42.9 Å². The van der Waals surface area contributed by atoms with Gasteiger partial charge in [-0.15, -0.1) is 11.3 Å². The number of nitrogens with zero attached hydrogens (tertiary/aromatic N) is 4. The molecular weight excluding hydrogens is 504 g/mol. The summed E-state index contributed by atoms with van der Waals surface area (Å²) in [5.41, 5.74) is 0.801. The number of rotatable bonds is 6. The molecule has 3 heterocycles. The van der Waals surface area contributed by atoms with Gasteiger partial charge in [0.1, 0.15) is 12.1 Å². The third-order valence-corrected chi connectivity index (χ3v) is 6.71. The Kier molecular flexibility index (Phi) is 6.84. The van der Waals surface area contributed by atoms with Crippen molar-refractivity contribution >= 4 is 40.7 Å². The van der Waals surface area contributed by atoms with Crippen LogP contribution in [0.1, 0.15) is 28.6 Å². The van der Waals surface area contributed by atoms with E-state index in [1.807, 2.05) is 6.07 Å². The number of aromatic nitrogens is 1. The molecule has 1 saturated heterocycles. The lowest BCUT2D eigenvalue weighted by atomic mass is 9.94. The van der Waals surface area contributed by atoms with E-state index in [4.69, 9.17) is 16.3 Å². The second-order valence-electron chi connectivity index (χ2n) is 7.89. The van der Waals surface area contributed by atoms with Crippen molar-refractivity contribution in [2.75, 3.05) is 20.2 Å². The molecule has 0 amide bonds. The van der Waals surface area contributed by atoms with Crippen molar-refractivity contribution in [3.8, 4) is 6.07 Å². The molecule has 1 aromatic heterocycles. The Balaban J connectivity index is 1.84. The number of nitrogens with one attached hydrogen (secondary N) is 1. The highest BCUT2D eigenvalue weighted by Gasteiger charge is 2.49. The molecule has 9 nitrogen and oxygen atoms in total. The standard InChI is InChI=1S/C22H18ClF2N5O4S/c1-34-21(33)16-14(9-30-10-22(24,25)7-15(30)20(31)32)28-18(19-27-4-5-35-19)29-17(16)12-3-2-11(8-26)6-13(12)23/h2-6,15,17H,7,9-10H2,1H3,(H,28,29)(H,31,32)/t15?,17-/m0/s1. The second-order valence-corrected chi connectivity index (χ2v) is 9.20. The molecule has 182 valence electrons. The Morgan fingerprint density at radius 2 is 2.23 bits per heavy atom. The normalized spacial score (nSPS) is 21.7. The predicted molar refractivity (Wildman–Crippen MR) is 122 cm³/mol. The Labute approximate surface area is 207 Å². The molecule has 13 heteroatoms. The molecule has 1 aromatic carbocycles. The minimum Gasteiger partial charge on any atom is -0.480 e. The van der Waals surface area contributed by atoms with Crippen LogP contribution in [-0.2, 0) is 14.3 Å². The first-order valence-corrected chi connectivity index (χ1v) is 11.5. The number of likely N-dealkylation sites (tertiary alicyclic amines) is 1. The predicted octanol–water partition coefficient (Wildman–Crippen LogP) is 2.98. The van der Waals surface area contributed by atoms with Crippen LogP contribution in [0, 0.1) is 11.3 Å². The molecule has 2 atom stereocenters. The van der Waals surface area contributed by atoms with Crippen LogP contribution in [-0.4, -0.2) is 64.9 Å². The maximum absolute atomic E-state index is 14.1. The van der Waals surface area contributed by atoms with Gasteiger partial charge in [-0.1, -0.05) is 17.7 Å². The molecule has 35 heavy (non-hydrogen) atoms. The molecule has 0 bridgehead atoms. The number of hydrogen-bond donors (Lipinski definition) is 2. The summed E-state index contributed by atoms with van der Waals surface area (Å²) in [6, 6.07) is 3.99. The van der Waals surface area contributed by atoms with E-state index in [0.717, 1.165) is 12.0 Å². The van der Waals surface area contributed by atoms with Gasteiger partial charge in [0.05, 0.1) is 30.9 Å². The minimum atomic E-state index is -3.20. The summed E-state index contributed by atoms with van der Waals surface area (Å²) in [5.74, 6) is -5.13. The summed E-state index contributed by atoms with van der Waals surface area (Å²) >= 11 is 7.69. The monoisotopic (exact) mass is 521 g/mol. The lowest BCUT2D eigenvalue weighted by Crippen LogP contribution is -2.43. The number of halogens is 3. The number of carbonyl (C=O) groups excluding carboxylic acids is 1. The molecule has 2 aliphatic heterocycles. The number of esters is 1. The van der Waals surface area contributed by atoms with Crippen molar-refractivity contribution in [2.24, 2.45) is 4.99 Å². The molecular formula is C22H18ClF2N5O4S. The Morgan fingerprint density at radius 1 is 1.46 bits per heavy atom. The van der Waals surface area contributed by atoms with Crippen molar-refractivity contribution in [1.29, 1.82) is 5.26 Å². The van der Waals surface area contributed by atoms with Crippen molar-refractivity contribution in [2.45, 2.75) is 24.4 Å². The van der Waals surface area contributed by atoms with Crippen LogP contribution in [0.4, 0.5) is 8.78 Å². The maximum Gasteiger partial charge on any atom is 0.338 e. The highest BCUT2D eigenvalue weighted by Crippen LogP contribution is 2.38. The zero-order chi connectivity index (χ0) is 25.3. The van der Waals surface area contributed by atoms with Gasteiger partial charge in [-0.25, -0.2) is 18.6 Å². The molecule has 2 N–H and O–H groups in total. The quantitative estimate of drug-likeness (QED) is 0.555. The fourth-order valence-corrected chi connectivity index (χ4v) is 4.93. The Hall–Kier alpha value is -3.40. The summed E-state index contributed by atoms with van der Waals surface area (Å²) in [4.78, 5) is 34.5. The second kappa shape index (κ2) is 9.69. The molecule has 0 saturated carbocycles. The van der Waals surface area contributed by atoms with Crippen LogP contribution in [0.5, 0.6) is 0 Å². The van der Waals surface area contributed by atoms with Gasteiger partial charge in [-0.05, 0) is 12.1 Å². The molecule has 0 radical (unpaired) electrons. The van der Waals surface area contributed by atoms with Gasteiger partial charge in [0.2, 0.25) is 0 Å². The number of benzene rings is 1. The van der Waals surface area contributed by atoms with E-state index in [1.165, 1.54) is 23.5 Å². The largest absolute Gasteiger partial charge is 0.480 e. The van der Waals surface area contributed by atoms with Gasteiger partial charge in [-0.3, -0.25) is 14.7 Å². The number of methoxy groups -OCH3 is 1. The number of amidine groups is 1. The third kappa shape index (κ3) is 5.02. The number of aliphatic carboxylic acids is 1. The number of aliphatic imine (C=N–C) groups is 1. The highest BCUT2D eigenvalue weighted by atomic mass is 35.5. The van der Waals surface area contributed by atoms with Crippen LogP contribution in [0.15, 0.2) is 46.0 Å². The minimum absolute atomic E-state index is 0.0150. The summed E-state index contributed by atoms with van der Waals surface area (Å²) in [6.07, 6.45) is 0.704. The van der Waals surface area contributed by atoms with E-state index in [9.17, 15) is 28.7 Å². The SMILES string of the molecule is COC(=O)C1=C(CN2CC(F)(F)CC2C(=O)O)NC(c2nccs2)=N[C@H]1c1ccc(C#N)cc1Cl.